The number of nitrogens with one attached hydrogen (secondary N) is 1. The van der Waals surface area contributed by atoms with Crippen LogP contribution in [0.3, 0.4) is 0 Å². The number of halogens is 1. The number of nitriles is 1. The van der Waals surface area contributed by atoms with E-state index in [1.54, 1.807) is 18.3 Å². The van der Waals surface area contributed by atoms with Gasteiger partial charge in [-0.3, -0.25) is 5.10 Å². The number of allylic oxidation sites excluding steroid dienone is 1. The maximum absolute atomic E-state index is 13.5. The number of hydrogen-bond acceptors (Lipinski definition) is 3. The highest BCUT2D eigenvalue weighted by Crippen LogP contribution is 2.28. The molecule has 1 aromatic heterocycles. The molecule has 0 bridgehead atoms. The first kappa shape index (κ1) is 21.7. The van der Waals surface area contributed by atoms with Crippen molar-refractivity contribution in [2.45, 2.75) is 12.8 Å². The van der Waals surface area contributed by atoms with Gasteiger partial charge in [-0.05, 0) is 71.0 Å². The smallest absolute Gasteiger partial charge is 0.328 e. The Kier molecular flexibility index (Phi) is 6.42. The van der Waals surface area contributed by atoms with E-state index in [0.717, 1.165) is 44.8 Å². The van der Waals surface area contributed by atoms with Gasteiger partial charge in [0.25, 0.3) is 0 Å². The molecule has 0 aliphatic heterocycles. The third-order valence-electron chi connectivity index (χ3n) is 5.35. The van der Waals surface area contributed by atoms with Crippen LogP contribution in [0.15, 0.2) is 79.0 Å². The van der Waals surface area contributed by atoms with Gasteiger partial charge in [0, 0.05) is 11.5 Å². The Bertz CT molecular complexity index is 1410. The number of H-pyrrole nitrogens is 1. The number of carboxylic acids is 1. The number of benzene rings is 3. The van der Waals surface area contributed by atoms with Gasteiger partial charge in [0.15, 0.2) is 0 Å². The standard InChI is InChI=1S/C27H20FN3O2/c28-24-11-9-19(22(15-24)16-29)2-1-3-25(21-10-12-26-23(14-21)17-30-31-26)20-7-4-18(5-8-20)6-13-27(32)33/h3-15,17H,1-2H2,(H,30,31)(H,32,33). The number of aromatic nitrogens is 2. The Morgan fingerprint density at radius 3 is 2.64 bits per heavy atom. The molecule has 3 aromatic carbocycles. The van der Waals surface area contributed by atoms with E-state index in [1.165, 1.54) is 12.1 Å². The average molecular weight is 437 g/mol. The van der Waals surface area contributed by atoms with Gasteiger partial charge in [0.05, 0.1) is 23.3 Å². The molecule has 4 aromatic rings. The fraction of sp³-hybridized carbons (Fsp3) is 0.0741. The van der Waals surface area contributed by atoms with Crippen molar-refractivity contribution in [1.29, 1.82) is 5.26 Å². The molecular weight excluding hydrogens is 417 g/mol. The van der Waals surface area contributed by atoms with Gasteiger partial charge >= 0.3 is 5.97 Å². The van der Waals surface area contributed by atoms with Crippen LogP contribution in [0.5, 0.6) is 0 Å². The summed E-state index contributed by atoms with van der Waals surface area (Å²) in [6, 6.07) is 20.0. The van der Waals surface area contributed by atoms with Crippen molar-refractivity contribution in [3.8, 4) is 6.07 Å². The van der Waals surface area contributed by atoms with Crippen LogP contribution >= 0.6 is 0 Å². The van der Waals surface area contributed by atoms with Gasteiger partial charge in [-0.2, -0.15) is 10.4 Å². The summed E-state index contributed by atoms with van der Waals surface area (Å²) in [5, 5.41) is 26.2. The molecule has 6 heteroatoms. The summed E-state index contributed by atoms with van der Waals surface area (Å²) in [7, 11) is 0. The fourth-order valence-corrected chi connectivity index (χ4v) is 3.70. The van der Waals surface area contributed by atoms with E-state index in [2.05, 4.69) is 28.4 Å². The number of nitrogens with zero attached hydrogens (tertiary/aromatic N) is 2. The fourth-order valence-electron chi connectivity index (χ4n) is 3.70. The minimum atomic E-state index is -0.995. The second-order valence-corrected chi connectivity index (χ2v) is 7.54. The van der Waals surface area contributed by atoms with Crippen molar-refractivity contribution in [3.63, 3.8) is 0 Å². The molecule has 0 saturated heterocycles. The summed E-state index contributed by atoms with van der Waals surface area (Å²) >= 11 is 0. The molecular formula is C27H20FN3O2. The lowest BCUT2D eigenvalue weighted by molar-refractivity contribution is -0.131. The van der Waals surface area contributed by atoms with Crippen LogP contribution < -0.4 is 0 Å². The Labute approximate surface area is 190 Å². The number of hydrogen-bond donors (Lipinski definition) is 2. The Balaban J connectivity index is 1.67. The summed E-state index contributed by atoms with van der Waals surface area (Å²) in [6.45, 7) is 0. The van der Waals surface area contributed by atoms with Crippen molar-refractivity contribution in [2.75, 3.05) is 0 Å². The SMILES string of the molecule is N#Cc1cc(F)ccc1CCC=C(c1ccc(C=CC(=O)O)cc1)c1ccc2[nH]ncc2c1. The molecule has 0 unspecified atom stereocenters. The van der Waals surface area contributed by atoms with Gasteiger partial charge in [0.1, 0.15) is 5.82 Å². The Hall–Kier alpha value is -4.50. The maximum Gasteiger partial charge on any atom is 0.328 e. The van der Waals surface area contributed by atoms with Crippen LogP contribution in [-0.4, -0.2) is 21.3 Å². The topological polar surface area (TPSA) is 89.8 Å². The normalized spacial score (nSPS) is 11.7. The van der Waals surface area contributed by atoms with E-state index in [9.17, 15) is 14.4 Å². The first-order chi connectivity index (χ1) is 16.0. The number of carboxylic acid groups (broad SMARTS) is 1. The van der Waals surface area contributed by atoms with E-state index in [-0.39, 0.29) is 0 Å². The zero-order valence-electron chi connectivity index (χ0n) is 17.6. The second-order valence-electron chi connectivity index (χ2n) is 7.54. The average Bonchev–Trinajstić information content (AvgIpc) is 3.29. The van der Waals surface area contributed by atoms with Gasteiger partial charge in [-0.15, -0.1) is 0 Å². The minimum absolute atomic E-state index is 0.347. The molecule has 0 atom stereocenters. The molecule has 1 heterocycles. The third-order valence-corrected chi connectivity index (χ3v) is 5.35. The molecule has 0 spiro atoms. The van der Waals surface area contributed by atoms with Crippen molar-refractivity contribution >= 4 is 28.5 Å². The highest BCUT2D eigenvalue weighted by Gasteiger charge is 2.09. The molecule has 4 rings (SSSR count). The first-order valence-corrected chi connectivity index (χ1v) is 10.4. The predicted molar refractivity (Wildman–Crippen MR) is 126 cm³/mol. The van der Waals surface area contributed by atoms with Crippen molar-refractivity contribution < 1.29 is 14.3 Å². The molecule has 33 heavy (non-hydrogen) atoms. The molecule has 0 fully saturated rings. The maximum atomic E-state index is 13.5. The van der Waals surface area contributed by atoms with Crippen molar-refractivity contribution in [2.24, 2.45) is 0 Å². The summed E-state index contributed by atoms with van der Waals surface area (Å²) in [5.74, 6) is -1.41. The number of carbonyl (C=O) groups is 1. The number of aryl methyl sites for hydroxylation is 1. The molecule has 5 nitrogen and oxygen atoms in total. The second kappa shape index (κ2) is 9.75. The third kappa shape index (κ3) is 5.23. The highest BCUT2D eigenvalue weighted by molar-refractivity contribution is 5.88. The van der Waals surface area contributed by atoms with E-state index < -0.39 is 11.8 Å². The van der Waals surface area contributed by atoms with E-state index >= 15 is 0 Å². The largest absolute Gasteiger partial charge is 0.478 e. The molecule has 2 N–H and O–H groups in total. The number of aromatic amines is 1. The monoisotopic (exact) mass is 437 g/mol. The van der Waals surface area contributed by atoms with E-state index in [1.807, 2.05) is 36.4 Å². The van der Waals surface area contributed by atoms with E-state index in [0.29, 0.717) is 18.4 Å². The number of rotatable bonds is 7. The summed E-state index contributed by atoms with van der Waals surface area (Å²) in [4.78, 5) is 10.8. The number of fused-ring (bicyclic) bond motifs is 1. The first-order valence-electron chi connectivity index (χ1n) is 10.4. The molecule has 0 radical (unpaired) electrons. The van der Waals surface area contributed by atoms with Crippen LogP contribution in [0, 0.1) is 17.1 Å². The molecule has 0 aliphatic carbocycles. The number of aliphatic carboxylic acids is 1. The predicted octanol–water partition coefficient (Wildman–Crippen LogP) is 5.74. The van der Waals surface area contributed by atoms with Gasteiger partial charge in [0.2, 0.25) is 0 Å². The lowest BCUT2D eigenvalue weighted by Gasteiger charge is -2.10. The van der Waals surface area contributed by atoms with Gasteiger partial charge in [-0.1, -0.05) is 42.5 Å². The molecule has 0 saturated carbocycles. The summed E-state index contributed by atoms with van der Waals surface area (Å²) in [5.41, 5.74) is 5.87. The Morgan fingerprint density at radius 2 is 1.88 bits per heavy atom. The van der Waals surface area contributed by atoms with Crippen LogP contribution in [0.25, 0.3) is 22.6 Å². The van der Waals surface area contributed by atoms with Gasteiger partial charge < -0.3 is 5.11 Å². The lowest BCUT2D eigenvalue weighted by atomic mass is 9.94. The quantitative estimate of drug-likeness (QED) is 0.361. The zero-order valence-corrected chi connectivity index (χ0v) is 17.6. The van der Waals surface area contributed by atoms with Gasteiger partial charge in [-0.25, -0.2) is 9.18 Å². The zero-order chi connectivity index (χ0) is 23.2. The van der Waals surface area contributed by atoms with Crippen molar-refractivity contribution in [1.82, 2.24) is 10.2 Å². The molecule has 162 valence electrons. The van der Waals surface area contributed by atoms with Crippen LogP contribution in [0.2, 0.25) is 0 Å². The minimum Gasteiger partial charge on any atom is -0.478 e. The molecule has 0 aliphatic rings. The summed E-state index contributed by atoms with van der Waals surface area (Å²) < 4.78 is 13.5. The molecule has 0 amide bonds. The van der Waals surface area contributed by atoms with Crippen LogP contribution in [0.4, 0.5) is 4.39 Å². The van der Waals surface area contributed by atoms with E-state index in [4.69, 9.17) is 5.11 Å². The van der Waals surface area contributed by atoms with Crippen LogP contribution in [0.1, 0.15) is 34.2 Å². The van der Waals surface area contributed by atoms with Crippen LogP contribution in [-0.2, 0) is 11.2 Å². The highest BCUT2D eigenvalue weighted by atomic mass is 19.1. The van der Waals surface area contributed by atoms with Crippen molar-refractivity contribution in [3.05, 3.63) is 113 Å². The lowest BCUT2D eigenvalue weighted by Crippen LogP contribution is -1.93. The summed E-state index contributed by atoms with van der Waals surface area (Å²) in [6.07, 6.45) is 7.78. The Morgan fingerprint density at radius 1 is 1.09 bits per heavy atom.